The summed E-state index contributed by atoms with van der Waals surface area (Å²) >= 11 is 6.12. The number of rotatable bonds is 5. The second-order valence-electron chi connectivity index (χ2n) is 6.81. The smallest absolute Gasteiger partial charge is 0.287 e. The Balaban J connectivity index is 1.57. The van der Waals surface area contributed by atoms with Gasteiger partial charge in [0, 0.05) is 12.1 Å². The molecule has 152 valence electrons. The molecule has 0 atom stereocenters. The van der Waals surface area contributed by atoms with Gasteiger partial charge in [0.05, 0.1) is 22.0 Å². The van der Waals surface area contributed by atoms with E-state index in [1.807, 2.05) is 13.0 Å². The average Bonchev–Trinajstić information content (AvgIpc) is 3.09. The number of amides is 1. The summed E-state index contributed by atoms with van der Waals surface area (Å²) in [6, 6.07) is 15.2. The summed E-state index contributed by atoms with van der Waals surface area (Å²) in [4.78, 5) is 29.2. The third kappa shape index (κ3) is 4.06. The summed E-state index contributed by atoms with van der Waals surface area (Å²) < 4.78 is 12.3. The highest BCUT2D eigenvalue weighted by molar-refractivity contribution is 6.34. The lowest BCUT2D eigenvalue weighted by atomic mass is 10.1. The second kappa shape index (κ2) is 8.04. The molecule has 0 aliphatic rings. The largest absolute Gasteiger partial charge is 0.485 e. The Hall–Kier alpha value is -3.58. The molecule has 30 heavy (non-hydrogen) atoms. The molecule has 0 fully saturated rings. The van der Waals surface area contributed by atoms with Crippen LogP contribution in [0.2, 0.25) is 5.02 Å². The number of carbonyl (C=O) groups excluding carboxylic acids is 1. The van der Waals surface area contributed by atoms with E-state index in [2.05, 4.69) is 10.3 Å². The molecule has 1 amide bonds. The minimum atomic E-state index is -0.346. The summed E-state index contributed by atoms with van der Waals surface area (Å²) in [7, 11) is 0. The maximum atomic E-state index is 12.6. The van der Waals surface area contributed by atoms with Crippen molar-refractivity contribution in [2.24, 2.45) is 0 Å². The van der Waals surface area contributed by atoms with Crippen LogP contribution in [0, 0.1) is 13.8 Å². The molecule has 8 heteroatoms. The number of halogens is 1. The number of nitrogens with one attached hydrogen (secondary N) is 1. The minimum Gasteiger partial charge on any atom is -0.485 e. The molecule has 0 saturated carbocycles. The molecule has 0 radical (unpaired) electrons. The van der Waals surface area contributed by atoms with Crippen LogP contribution in [-0.4, -0.2) is 15.5 Å². The first kappa shape index (κ1) is 19.7. The number of hydrogen-bond donors (Lipinski definition) is 1. The highest BCUT2D eigenvalue weighted by Crippen LogP contribution is 2.28. The first-order valence-electron chi connectivity index (χ1n) is 9.19. The number of carbonyl (C=O) groups is 1. The second-order valence-corrected chi connectivity index (χ2v) is 7.21. The molecule has 0 unspecified atom stereocenters. The van der Waals surface area contributed by atoms with Crippen LogP contribution >= 0.6 is 11.6 Å². The highest BCUT2D eigenvalue weighted by Gasteiger charge is 2.14. The predicted octanol–water partition coefficient (Wildman–Crippen LogP) is 4.39. The fraction of sp³-hybridized carbons (Fsp3) is 0.136. The molecule has 2 heterocycles. The number of aromatic nitrogens is 2. The van der Waals surface area contributed by atoms with E-state index in [0.29, 0.717) is 39.1 Å². The van der Waals surface area contributed by atoms with Gasteiger partial charge in [-0.25, -0.2) is 4.98 Å². The van der Waals surface area contributed by atoms with Crippen LogP contribution in [0.1, 0.15) is 27.4 Å². The zero-order chi connectivity index (χ0) is 21.3. The SMILES string of the molecule is Cc1ccc(NC(=O)c2ccccc2Cl)c(OCc2cc(=O)n3oc(C)cc3n2)c1. The van der Waals surface area contributed by atoms with E-state index < -0.39 is 0 Å². The van der Waals surface area contributed by atoms with Gasteiger partial charge in [-0.05, 0) is 43.7 Å². The van der Waals surface area contributed by atoms with Gasteiger partial charge in [0.25, 0.3) is 11.5 Å². The van der Waals surface area contributed by atoms with Crippen LogP contribution in [0.4, 0.5) is 5.69 Å². The molecular weight excluding hydrogens is 406 g/mol. The van der Waals surface area contributed by atoms with E-state index in [-0.39, 0.29) is 18.1 Å². The Labute approximate surface area is 176 Å². The van der Waals surface area contributed by atoms with Crippen molar-refractivity contribution in [3.63, 3.8) is 0 Å². The number of hydrogen-bond acceptors (Lipinski definition) is 5. The fourth-order valence-corrected chi connectivity index (χ4v) is 3.21. The Bertz CT molecular complexity index is 1310. The molecule has 2 aromatic heterocycles. The molecule has 0 saturated heterocycles. The zero-order valence-corrected chi connectivity index (χ0v) is 17.1. The lowest BCUT2D eigenvalue weighted by Crippen LogP contribution is -2.15. The topological polar surface area (TPSA) is 85.8 Å². The number of ether oxygens (including phenoxy) is 1. The summed E-state index contributed by atoms with van der Waals surface area (Å²) in [6.07, 6.45) is 0. The van der Waals surface area contributed by atoms with Crippen molar-refractivity contribution in [1.82, 2.24) is 9.56 Å². The van der Waals surface area contributed by atoms with Crippen LogP contribution < -0.4 is 15.6 Å². The van der Waals surface area contributed by atoms with Crippen LogP contribution in [0.15, 0.2) is 63.9 Å². The first-order valence-corrected chi connectivity index (χ1v) is 9.57. The third-order valence-electron chi connectivity index (χ3n) is 4.40. The monoisotopic (exact) mass is 423 g/mol. The Morgan fingerprint density at radius 2 is 1.97 bits per heavy atom. The average molecular weight is 424 g/mol. The summed E-state index contributed by atoms with van der Waals surface area (Å²) in [5.74, 6) is 0.697. The first-order chi connectivity index (χ1) is 14.4. The summed E-state index contributed by atoms with van der Waals surface area (Å²) in [6.45, 7) is 3.71. The molecule has 4 rings (SSSR count). The molecule has 0 spiro atoms. The van der Waals surface area contributed by atoms with Crippen molar-refractivity contribution >= 4 is 28.8 Å². The molecule has 0 aliphatic heterocycles. The van der Waals surface area contributed by atoms with Gasteiger partial charge in [-0.1, -0.05) is 29.8 Å². The van der Waals surface area contributed by atoms with E-state index in [0.717, 1.165) is 10.1 Å². The Morgan fingerprint density at radius 3 is 2.77 bits per heavy atom. The maximum Gasteiger partial charge on any atom is 0.287 e. The molecule has 4 aromatic rings. The number of fused-ring (bicyclic) bond motifs is 1. The summed E-state index contributed by atoms with van der Waals surface area (Å²) in [5.41, 5.74) is 2.34. The van der Waals surface area contributed by atoms with Gasteiger partial charge < -0.3 is 14.6 Å². The van der Waals surface area contributed by atoms with Crippen molar-refractivity contribution < 1.29 is 14.1 Å². The van der Waals surface area contributed by atoms with Crippen molar-refractivity contribution in [2.75, 3.05) is 5.32 Å². The van der Waals surface area contributed by atoms with Gasteiger partial charge >= 0.3 is 0 Å². The normalized spacial score (nSPS) is 10.9. The van der Waals surface area contributed by atoms with Gasteiger partial charge in [0.15, 0.2) is 5.65 Å². The van der Waals surface area contributed by atoms with Crippen molar-refractivity contribution in [3.05, 3.63) is 92.6 Å². The Morgan fingerprint density at radius 1 is 1.17 bits per heavy atom. The standard InChI is InChI=1S/C22H18ClN3O4/c1-13-7-8-18(25-22(28)16-5-3-4-6-17(16)23)19(9-13)29-12-15-11-21(27)26-20(24-15)10-14(2)30-26/h3-11H,12H2,1-2H3,(H,25,28). The van der Waals surface area contributed by atoms with Crippen LogP contribution in [0.3, 0.4) is 0 Å². The molecule has 2 aromatic carbocycles. The minimum absolute atomic E-state index is 0.0500. The quantitative estimate of drug-likeness (QED) is 0.514. The van der Waals surface area contributed by atoms with E-state index in [1.54, 1.807) is 49.4 Å². The zero-order valence-electron chi connectivity index (χ0n) is 16.3. The van der Waals surface area contributed by atoms with Crippen LogP contribution in [-0.2, 0) is 6.61 Å². The number of nitrogens with zero attached hydrogens (tertiary/aromatic N) is 2. The van der Waals surface area contributed by atoms with Gasteiger partial charge in [0.2, 0.25) is 0 Å². The number of aryl methyl sites for hydroxylation is 2. The molecule has 0 bridgehead atoms. The molecule has 7 nitrogen and oxygen atoms in total. The number of benzene rings is 2. The lowest BCUT2D eigenvalue weighted by Gasteiger charge is -2.14. The summed E-state index contributed by atoms with van der Waals surface area (Å²) in [5, 5.41) is 3.19. The van der Waals surface area contributed by atoms with E-state index >= 15 is 0 Å². The van der Waals surface area contributed by atoms with Gasteiger partial charge in [0.1, 0.15) is 18.1 Å². The van der Waals surface area contributed by atoms with Gasteiger partial charge in [-0.3, -0.25) is 9.59 Å². The van der Waals surface area contributed by atoms with Crippen molar-refractivity contribution in [1.29, 1.82) is 0 Å². The van der Waals surface area contributed by atoms with Gasteiger partial charge in [-0.2, -0.15) is 0 Å². The van der Waals surface area contributed by atoms with E-state index in [4.69, 9.17) is 20.9 Å². The van der Waals surface area contributed by atoms with Crippen molar-refractivity contribution in [2.45, 2.75) is 20.5 Å². The highest BCUT2D eigenvalue weighted by atomic mass is 35.5. The molecule has 0 aliphatic carbocycles. The maximum absolute atomic E-state index is 12.6. The number of anilines is 1. The third-order valence-corrected chi connectivity index (χ3v) is 4.73. The van der Waals surface area contributed by atoms with Crippen LogP contribution in [0.5, 0.6) is 5.75 Å². The van der Waals surface area contributed by atoms with Crippen LogP contribution in [0.25, 0.3) is 5.65 Å². The Kier molecular flexibility index (Phi) is 5.29. The molecular formula is C22H18ClN3O4. The van der Waals surface area contributed by atoms with E-state index in [1.165, 1.54) is 6.07 Å². The lowest BCUT2D eigenvalue weighted by molar-refractivity contribution is 0.102. The van der Waals surface area contributed by atoms with E-state index in [9.17, 15) is 9.59 Å². The molecule has 1 N–H and O–H groups in total. The predicted molar refractivity (Wildman–Crippen MR) is 113 cm³/mol. The van der Waals surface area contributed by atoms with Gasteiger partial charge in [-0.15, -0.1) is 4.57 Å². The van der Waals surface area contributed by atoms with Crippen molar-refractivity contribution in [3.8, 4) is 5.75 Å². The fourth-order valence-electron chi connectivity index (χ4n) is 2.99.